The fourth-order valence-corrected chi connectivity index (χ4v) is 4.09. The fourth-order valence-electron chi connectivity index (χ4n) is 3.26. The molecule has 0 aromatic heterocycles. The van der Waals surface area contributed by atoms with Crippen molar-refractivity contribution < 1.29 is 9.13 Å². The van der Waals surface area contributed by atoms with Gasteiger partial charge in [0.2, 0.25) is 0 Å². The van der Waals surface area contributed by atoms with Gasteiger partial charge in [0.05, 0.1) is 12.7 Å². The van der Waals surface area contributed by atoms with Gasteiger partial charge in [0.1, 0.15) is 5.82 Å². The number of aryl methyl sites for hydroxylation is 1. The molecule has 0 amide bonds. The Labute approximate surface area is 171 Å². The summed E-state index contributed by atoms with van der Waals surface area (Å²) in [6.07, 6.45) is 16.3. The Morgan fingerprint density at radius 3 is 2.00 bits per heavy atom. The Bertz CT molecular complexity index is 450. The number of unbranched alkanes of at least 4 members (excludes halogenated alkanes) is 10. The summed E-state index contributed by atoms with van der Waals surface area (Å²) >= 11 is 2.03. The van der Waals surface area contributed by atoms with Crippen molar-refractivity contribution in [3.63, 3.8) is 0 Å². The predicted octanol–water partition coefficient (Wildman–Crippen LogP) is 7.82. The molecule has 1 aromatic rings. The summed E-state index contributed by atoms with van der Waals surface area (Å²) in [5, 5.41) is 0. The zero-order chi connectivity index (χ0) is 19.6. The van der Waals surface area contributed by atoms with Gasteiger partial charge in [0, 0.05) is 5.75 Å². The molecule has 3 heteroatoms. The van der Waals surface area contributed by atoms with Crippen LogP contribution in [0.1, 0.15) is 90.0 Å². The summed E-state index contributed by atoms with van der Waals surface area (Å²) in [5.74, 6) is 2.32. The molecular weight excluding hydrogens is 355 g/mol. The summed E-state index contributed by atoms with van der Waals surface area (Å²) in [5.41, 5.74) is 1.14. The molecule has 0 aliphatic heterocycles. The molecule has 0 atom stereocenters. The van der Waals surface area contributed by atoms with E-state index < -0.39 is 0 Å². The quantitative estimate of drug-likeness (QED) is 0.234. The van der Waals surface area contributed by atoms with E-state index in [4.69, 9.17) is 4.74 Å². The topological polar surface area (TPSA) is 9.23 Å². The van der Waals surface area contributed by atoms with Gasteiger partial charge < -0.3 is 4.74 Å². The Kier molecular flexibility index (Phi) is 15.9. The predicted molar refractivity (Wildman–Crippen MR) is 119 cm³/mol. The van der Waals surface area contributed by atoms with Gasteiger partial charge in [0.15, 0.2) is 0 Å². The van der Waals surface area contributed by atoms with E-state index in [1.54, 1.807) is 6.07 Å². The van der Waals surface area contributed by atoms with Crippen molar-refractivity contribution in [3.8, 4) is 0 Å². The molecule has 0 unspecified atom stereocenters. The number of rotatable bonds is 18. The molecule has 0 fully saturated rings. The maximum absolute atomic E-state index is 13.1. The van der Waals surface area contributed by atoms with Crippen LogP contribution in [-0.4, -0.2) is 24.2 Å². The summed E-state index contributed by atoms with van der Waals surface area (Å²) < 4.78 is 18.6. The lowest BCUT2D eigenvalue weighted by Crippen LogP contribution is -2.05. The van der Waals surface area contributed by atoms with Crippen molar-refractivity contribution in [1.82, 2.24) is 0 Å². The average molecular weight is 397 g/mol. The molecule has 0 bridgehead atoms. The second-order valence-corrected chi connectivity index (χ2v) is 9.03. The molecule has 0 saturated heterocycles. The molecule has 0 saturated carbocycles. The SMILES string of the molecule is CC(C)OCCSCCCCCCCCCCCCCc1cccc(F)c1. The van der Waals surface area contributed by atoms with Crippen molar-refractivity contribution in [2.75, 3.05) is 18.1 Å². The zero-order valence-corrected chi connectivity index (χ0v) is 18.5. The fraction of sp³-hybridized carbons (Fsp3) is 0.750. The maximum Gasteiger partial charge on any atom is 0.123 e. The van der Waals surface area contributed by atoms with E-state index in [-0.39, 0.29) is 5.82 Å². The van der Waals surface area contributed by atoms with Gasteiger partial charge in [-0.2, -0.15) is 11.8 Å². The highest BCUT2D eigenvalue weighted by Crippen LogP contribution is 2.14. The number of hydrogen-bond donors (Lipinski definition) is 0. The van der Waals surface area contributed by atoms with Crippen LogP contribution in [0.15, 0.2) is 24.3 Å². The molecule has 1 nitrogen and oxygen atoms in total. The van der Waals surface area contributed by atoms with Crippen molar-refractivity contribution in [1.29, 1.82) is 0 Å². The largest absolute Gasteiger partial charge is 0.378 e. The van der Waals surface area contributed by atoms with Crippen molar-refractivity contribution >= 4 is 11.8 Å². The van der Waals surface area contributed by atoms with Crippen LogP contribution in [0.3, 0.4) is 0 Å². The standard InChI is InChI=1S/C24H41FOS/c1-22(2)26-18-20-27-19-13-11-9-7-5-3-4-6-8-10-12-15-23-16-14-17-24(25)21-23/h14,16-17,21-22H,3-13,15,18-20H2,1-2H3. The van der Waals surface area contributed by atoms with Gasteiger partial charge >= 0.3 is 0 Å². The van der Waals surface area contributed by atoms with E-state index in [1.807, 2.05) is 23.9 Å². The van der Waals surface area contributed by atoms with E-state index in [0.29, 0.717) is 6.10 Å². The number of benzene rings is 1. The number of thioether (sulfide) groups is 1. The summed E-state index contributed by atoms with van der Waals surface area (Å²) in [6, 6.07) is 7.03. The first-order valence-corrected chi connectivity index (χ1v) is 12.3. The van der Waals surface area contributed by atoms with Crippen LogP contribution in [0.2, 0.25) is 0 Å². The van der Waals surface area contributed by atoms with E-state index in [9.17, 15) is 4.39 Å². The van der Waals surface area contributed by atoms with Crippen molar-refractivity contribution in [2.45, 2.75) is 97.0 Å². The third-order valence-corrected chi connectivity index (χ3v) is 5.85. The first-order chi connectivity index (χ1) is 13.2. The molecule has 156 valence electrons. The van der Waals surface area contributed by atoms with Gasteiger partial charge in [-0.15, -0.1) is 0 Å². The third-order valence-electron chi connectivity index (χ3n) is 4.82. The Morgan fingerprint density at radius 1 is 0.815 bits per heavy atom. The number of hydrogen-bond acceptors (Lipinski definition) is 2. The second kappa shape index (κ2) is 17.6. The lowest BCUT2D eigenvalue weighted by molar-refractivity contribution is 0.0920. The molecule has 27 heavy (non-hydrogen) atoms. The van der Waals surface area contributed by atoms with Gasteiger partial charge in [-0.3, -0.25) is 0 Å². The average Bonchev–Trinajstić information content (AvgIpc) is 2.64. The lowest BCUT2D eigenvalue weighted by atomic mass is 10.0. The molecule has 0 radical (unpaired) electrons. The monoisotopic (exact) mass is 396 g/mol. The van der Waals surface area contributed by atoms with Gasteiger partial charge in [-0.05, 0) is 56.6 Å². The zero-order valence-electron chi connectivity index (χ0n) is 17.7. The van der Waals surface area contributed by atoms with Crippen LogP contribution in [0.25, 0.3) is 0 Å². The van der Waals surface area contributed by atoms with Crippen LogP contribution in [0, 0.1) is 5.82 Å². The van der Waals surface area contributed by atoms with Gasteiger partial charge in [-0.1, -0.05) is 69.9 Å². The maximum atomic E-state index is 13.1. The minimum Gasteiger partial charge on any atom is -0.378 e. The minimum absolute atomic E-state index is 0.109. The van der Waals surface area contributed by atoms with Gasteiger partial charge in [-0.25, -0.2) is 4.39 Å². The van der Waals surface area contributed by atoms with Crippen molar-refractivity contribution in [3.05, 3.63) is 35.6 Å². The molecule has 0 heterocycles. The van der Waals surface area contributed by atoms with Gasteiger partial charge in [0.25, 0.3) is 0 Å². The highest BCUT2D eigenvalue weighted by atomic mass is 32.2. The summed E-state index contributed by atoms with van der Waals surface area (Å²) in [6.45, 7) is 5.09. The highest BCUT2D eigenvalue weighted by Gasteiger charge is 1.97. The normalized spacial score (nSPS) is 11.4. The Morgan fingerprint density at radius 2 is 1.41 bits per heavy atom. The highest BCUT2D eigenvalue weighted by molar-refractivity contribution is 7.99. The summed E-state index contributed by atoms with van der Waals surface area (Å²) in [7, 11) is 0. The first kappa shape index (κ1) is 24.5. The molecule has 0 spiro atoms. The van der Waals surface area contributed by atoms with Crippen LogP contribution in [-0.2, 0) is 11.2 Å². The first-order valence-electron chi connectivity index (χ1n) is 11.1. The van der Waals surface area contributed by atoms with E-state index in [2.05, 4.69) is 13.8 Å². The van der Waals surface area contributed by atoms with Crippen molar-refractivity contribution in [2.24, 2.45) is 0 Å². The molecular formula is C24H41FOS. The molecule has 0 N–H and O–H groups in total. The smallest absolute Gasteiger partial charge is 0.123 e. The van der Waals surface area contributed by atoms with E-state index in [0.717, 1.165) is 24.3 Å². The van der Waals surface area contributed by atoms with Crippen LogP contribution in [0.4, 0.5) is 4.39 Å². The lowest BCUT2D eigenvalue weighted by Gasteiger charge is -2.07. The van der Waals surface area contributed by atoms with E-state index in [1.165, 1.54) is 82.4 Å². The molecule has 0 aliphatic rings. The number of halogens is 1. The third kappa shape index (κ3) is 16.1. The Hall–Kier alpha value is -0.540. The van der Waals surface area contributed by atoms with E-state index >= 15 is 0 Å². The van der Waals surface area contributed by atoms with Crippen LogP contribution < -0.4 is 0 Å². The van der Waals surface area contributed by atoms with Crippen LogP contribution >= 0.6 is 11.8 Å². The Balaban J connectivity index is 1.73. The minimum atomic E-state index is -0.109. The molecule has 1 aromatic carbocycles. The molecule has 0 aliphatic carbocycles. The molecule has 1 rings (SSSR count). The van der Waals surface area contributed by atoms with Crippen LogP contribution in [0.5, 0.6) is 0 Å². The second-order valence-electron chi connectivity index (χ2n) is 7.80. The summed E-state index contributed by atoms with van der Waals surface area (Å²) in [4.78, 5) is 0. The number of ether oxygens (including phenoxy) is 1.